The molecular formula is C26H31F3O2. The topological polar surface area (TPSA) is 18.5 Å². The van der Waals surface area contributed by atoms with Crippen molar-refractivity contribution in [1.82, 2.24) is 0 Å². The fraction of sp³-hybridized carbons (Fsp3) is 0.538. The van der Waals surface area contributed by atoms with Crippen molar-refractivity contribution < 1.29 is 22.6 Å². The number of alkyl halides is 2. The molecule has 1 heterocycles. The molecule has 1 fully saturated rings. The molecule has 1 saturated carbocycles. The van der Waals surface area contributed by atoms with Gasteiger partial charge in [0.1, 0.15) is 0 Å². The van der Waals surface area contributed by atoms with E-state index in [1.165, 1.54) is 50.2 Å². The first-order valence-corrected chi connectivity index (χ1v) is 11.5. The molecule has 2 aromatic rings. The van der Waals surface area contributed by atoms with Gasteiger partial charge in [0.05, 0.1) is 12.5 Å². The summed E-state index contributed by atoms with van der Waals surface area (Å²) in [4.78, 5) is 0. The molecule has 2 nitrogen and oxygen atoms in total. The van der Waals surface area contributed by atoms with Crippen LogP contribution in [0.1, 0.15) is 80.9 Å². The van der Waals surface area contributed by atoms with Gasteiger partial charge in [-0.15, -0.1) is 0 Å². The molecule has 0 N–H and O–H groups in total. The predicted octanol–water partition coefficient (Wildman–Crippen LogP) is 7.61. The average molecular weight is 433 g/mol. The average Bonchev–Trinajstić information content (AvgIpc) is 2.76. The summed E-state index contributed by atoms with van der Waals surface area (Å²) in [5.74, 6) is -1.11. The largest absolute Gasteiger partial charge is 0.491 e. The van der Waals surface area contributed by atoms with E-state index in [9.17, 15) is 13.2 Å². The molecule has 1 aliphatic heterocycles. The normalized spacial score (nSPS) is 24.9. The summed E-state index contributed by atoms with van der Waals surface area (Å²) < 4.78 is 54.4. The third-order valence-corrected chi connectivity index (χ3v) is 6.86. The first kappa shape index (κ1) is 22.0. The van der Waals surface area contributed by atoms with Crippen LogP contribution in [-0.2, 0) is 6.42 Å². The fourth-order valence-corrected chi connectivity index (χ4v) is 5.17. The molecule has 0 spiro atoms. The van der Waals surface area contributed by atoms with Crippen LogP contribution in [0.5, 0.6) is 11.5 Å². The quantitative estimate of drug-likeness (QED) is 0.468. The Balaban J connectivity index is 1.50. The van der Waals surface area contributed by atoms with Crippen molar-refractivity contribution >= 4 is 0 Å². The molecule has 0 aromatic heterocycles. The van der Waals surface area contributed by atoms with E-state index in [0.29, 0.717) is 17.0 Å². The number of hydrogen-bond donors (Lipinski definition) is 0. The van der Waals surface area contributed by atoms with Crippen molar-refractivity contribution in [2.75, 3.05) is 6.61 Å². The highest BCUT2D eigenvalue weighted by Gasteiger charge is 2.48. The summed E-state index contributed by atoms with van der Waals surface area (Å²) in [6.07, 6.45) is 3.91. The lowest BCUT2D eigenvalue weighted by Gasteiger charge is -2.34. The van der Waals surface area contributed by atoms with Gasteiger partial charge in [-0.3, -0.25) is 0 Å². The van der Waals surface area contributed by atoms with Crippen molar-refractivity contribution in [3.8, 4) is 11.5 Å². The number of benzene rings is 2. The van der Waals surface area contributed by atoms with E-state index in [0.717, 1.165) is 5.92 Å². The SMILES string of the molecule is CCCC1CCC(c2ccc(C3Cc4ccc(OCC)c(F)c4OC3(F)F)cc2)CC1. The zero-order chi connectivity index (χ0) is 22.0. The smallest absolute Gasteiger partial charge is 0.405 e. The molecule has 1 aliphatic carbocycles. The minimum absolute atomic E-state index is 0.0210. The highest BCUT2D eigenvalue weighted by Crippen LogP contribution is 2.47. The number of fused-ring (bicyclic) bond motifs is 1. The molecule has 0 bridgehead atoms. The molecule has 0 amide bonds. The van der Waals surface area contributed by atoms with Crippen LogP contribution in [-0.4, -0.2) is 12.7 Å². The highest BCUT2D eigenvalue weighted by molar-refractivity contribution is 5.46. The molecule has 31 heavy (non-hydrogen) atoms. The van der Waals surface area contributed by atoms with E-state index in [2.05, 4.69) is 6.92 Å². The van der Waals surface area contributed by atoms with E-state index in [1.807, 2.05) is 12.1 Å². The number of ether oxygens (including phenoxy) is 2. The van der Waals surface area contributed by atoms with E-state index in [1.54, 1.807) is 25.1 Å². The predicted molar refractivity (Wildman–Crippen MR) is 116 cm³/mol. The Morgan fingerprint density at radius 3 is 2.29 bits per heavy atom. The van der Waals surface area contributed by atoms with E-state index >= 15 is 0 Å². The maximum absolute atomic E-state index is 14.9. The second-order valence-electron chi connectivity index (χ2n) is 8.89. The highest BCUT2D eigenvalue weighted by atomic mass is 19.3. The van der Waals surface area contributed by atoms with Crippen molar-refractivity contribution in [3.05, 3.63) is 58.9 Å². The van der Waals surface area contributed by atoms with Crippen LogP contribution in [0.2, 0.25) is 0 Å². The molecule has 2 aliphatic rings. The van der Waals surface area contributed by atoms with Crippen LogP contribution in [0.25, 0.3) is 0 Å². The maximum atomic E-state index is 14.9. The monoisotopic (exact) mass is 432 g/mol. The van der Waals surface area contributed by atoms with Crippen LogP contribution >= 0.6 is 0 Å². The van der Waals surface area contributed by atoms with Gasteiger partial charge in [-0.2, -0.15) is 13.2 Å². The van der Waals surface area contributed by atoms with Crippen molar-refractivity contribution in [1.29, 1.82) is 0 Å². The second-order valence-corrected chi connectivity index (χ2v) is 8.89. The summed E-state index contributed by atoms with van der Waals surface area (Å²) in [5, 5.41) is 0. The van der Waals surface area contributed by atoms with Gasteiger partial charge in [0, 0.05) is 0 Å². The minimum Gasteiger partial charge on any atom is -0.491 e. The number of halogens is 3. The first-order chi connectivity index (χ1) is 14.9. The molecule has 1 unspecified atom stereocenters. The summed E-state index contributed by atoms with van der Waals surface area (Å²) in [6, 6.07) is 10.7. The van der Waals surface area contributed by atoms with Gasteiger partial charge in [-0.05, 0) is 73.6 Å². The summed E-state index contributed by atoms with van der Waals surface area (Å²) in [6.45, 7) is 4.20. The Kier molecular flexibility index (Phi) is 6.49. The molecular weight excluding hydrogens is 401 g/mol. The van der Waals surface area contributed by atoms with Crippen molar-refractivity contribution in [2.45, 2.75) is 76.7 Å². The molecule has 4 rings (SSSR count). The van der Waals surface area contributed by atoms with Gasteiger partial charge in [-0.25, -0.2) is 0 Å². The summed E-state index contributed by atoms with van der Waals surface area (Å²) in [5.41, 5.74) is 2.19. The molecule has 5 heteroatoms. The van der Waals surface area contributed by atoms with Gasteiger partial charge >= 0.3 is 6.11 Å². The fourth-order valence-electron chi connectivity index (χ4n) is 5.17. The van der Waals surface area contributed by atoms with Crippen LogP contribution in [0.4, 0.5) is 13.2 Å². The molecule has 0 radical (unpaired) electrons. The Bertz CT molecular complexity index is 886. The molecule has 1 atom stereocenters. The zero-order valence-corrected chi connectivity index (χ0v) is 18.3. The Labute approximate surface area is 182 Å². The third-order valence-electron chi connectivity index (χ3n) is 6.86. The van der Waals surface area contributed by atoms with Gasteiger partial charge in [0.25, 0.3) is 0 Å². The second kappa shape index (κ2) is 9.13. The maximum Gasteiger partial charge on any atom is 0.405 e. The lowest BCUT2D eigenvalue weighted by Crippen LogP contribution is -2.38. The van der Waals surface area contributed by atoms with Crippen LogP contribution in [0.15, 0.2) is 36.4 Å². The Morgan fingerprint density at radius 2 is 1.65 bits per heavy atom. The van der Waals surface area contributed by atoms with Crippen LogP contribution < -0.4 is 9.47 Å². The van der Waals surface area contributed by atoms with Gasteiger partial charge < -0.3 is 9.47 Å². The van der Waals surface area contributed by atoms with Gasteiger partial charge in [-0.1, -0.05) is 50.1 Å². The molecule has 2 aromatic carbocycles. The Hall–Kier alpha value is -2.17. The van der Waals surface area contributed by atoms with Crippen LogP contribution in [0, 0.1) is 11.7 Å². The summed E-state index contributed by atoms with van der Waals surface area (Å²) >= 11 is 0. The van der Waals surface area contributed by atoms with Crippen molar-refractivity contribution in [2.24, 2.45) is 5.92 Å². The van der Waals surface area contributed by atoms with Gasteiger partial charge in [0.15, 0.2) is 11.5 Å². The van der Waals surface area contributed by atoms with Crippen LogP contribution in [0.3, 0.4) is 0 Å². The molecule has 168 valence electrons. The number of hydrogen-bond acceptors (Lipinski definition) is 2. The first-order valence-electron chi connectivity index (χ1n) is 11.5. The minimum atomic E-state index is -3.49. The lowest BCUT2D eigenvalue weighted by atomic mass is 9.77. The Morgan fingerprint density at radius 1 is 0.968 bits per heavy atom. The third kappa shape index (κ3) is 4.56. The van der Waals surface area contributed by atoms with Gasteiger partial charge in [0.2, 0.25) is 5.82 Å². The van der Waals surface area contributed by atoms with E-state index < -0.39 is 23.6 Å². The van der Waals surface area contributed by atoms with E-state index in [4.69, 9.17) is 9.47 Å². The summed E-state index contributed by atoms with van der Waals surface area (Å²) in [7, 11) is 0. The lowest BCUT2D eigenvalue weighted by molar-refractivity contribution is -0.203. The van der Waals surface area contributed by atoms with E-state index in [-0.39, 0.29) is 18.8 Å². The number of rotatable bonds is 6. The zero-order valence-electron chi connectivity index (χ0n) is 18.3. The standard InChI is InChI=1S/C26H31F3O2/c1-3-5-17-6-8-18(9-7-17)19-10-12-20(13-11-19)22-16-21-14-15-23(30-4-2)24(27)25(21)31-26(22,28)29/h10-15,17-18,22H,3-9,16H2,1-2H3. The van der Waals surface area contributed by atoms with Crippen molar-refractivity contribution in [3.63, 3.8) is 0 Å². The molecule has 0 saturated heterocycles.